The quantitative estimate of drug-likeness (QED) is 0.937. The Hall–Kier alpha value is -1.71. The number of hydrogen-bond donors (Lipinski definition) is 1. The van der Waals surface area contributed by atoms with Crippen molar-refractivity contribution in [3.63, 3.8) is 0 Å². The average molecular weight is 292 g/mol. The van der Waals surface area contributed by atoms with E-state index in [0.29, 0.717) is 5.56 Å². The van der Waals surface area contributed by atoms with Crippen LogP contribution in [0.2, 0.25) is 5.02 Å². The van der Waals surface area contributed by atoms with Crippen molar-refractivity contribution < 1.29 is 9.18 Å². The Morgan fingerprint density at radius 2 is 1.90 bits per heavy atom. The van der Waals surface area contributed by atoms with Gasteiger partial charge >= 0.3 is 0 Å². The maximum absolute atomic E-state index is 13.1. The molecule has 20 heavy (non-hydrogen) atoms. The predicted octanol–water partition coefficient (Wildman–Crippen LogP) is 3.46. The molecule has 0 spiro atoms. The molecule has 0 amide bonds. The lowest BCUT2D eigenvalue weighted by atomic mass is 9.86. The highest BCUT2D eigenvalue weighted by molar-refractivity contribution is 6.30. The van der Waals surface area contributed by atoms with Crippen LogP contribution in [0.4, 0.5) is 4.39 Å². The second-order valence-corrected chi connectivity index (χ2v) is 5.32. The predicted molar refractivity (Wildman–Crippen MR) is 78.1 cm³/mol. The van der Waals surface area contributed by atoms with Crippen LogP contribution in [0, 0.1) is 5.82 Å². The molecular formula is C16H15ClFNO. The van der Waals surface area contributed by atoms with Crippen molar-refractivity contribution in [2.24, 2.45) is 5.73 Å². The highest BCUT2D eigenvalue weighted by Crippen LogP contribution is 2.22. The summed E-state index contributed by atoms with van der Waals surface area (Å²) >= 11 is 5.71. The molecule has 0 aromatic heterocycles. The van der Waals surface area contributed by atoms with Crippen LogP contribution in [0.25, 0.3) is 0 Å². The first-order chi connectivity index (χ1) is 9.41. The monoisotopic (exact) mass is 291 g/mol. The Morgan fingerprint density at radius 3 is 2.50 bits per heavy atom. The van der Waals surface area contributed by atoms with Crippen molar-refractivity contribution in [2.75, 3.05) is 0 Å². The normalized spacial score (nSPS) is 13.8. The molecule has 0 heterocycles. The van der Waals surface area contributed by atoms with E-state index in [4.69, 9.17) is 17.3 Å². The van der Waals surface area contributed by atoms with Gasteiger partial charge in [-0.25, -0.2) is 4.39 Å². The molecule has 0 aliphatic carbocycles. The molecule has 2 N–H and O–H groups in total. The number of benzene rings is 2. The van der Waals surface area contributed by atoms with Gasteiger partial charge in [0.05, 0.1) is 10.6 Å². The lowest BCUT2D eigenvalue weighted by Gasteiger charge is -2.23. The van der Waals surface area contributed by atoms with Crippen LogP contribution in [-0.4, -0.2) is 5.78 Å². The second-order valence-electron chi connectivity index (χ2n) is 4.92. The van der Waals surface area contributed by atoms with Gasteiger partial charge in [-0.3, -0.25) is 4.79 Å². The fraction of sp³-hybridized carbons (Fsp3) is 0.188. The molecule has 0 bridgehead atoms. The fourth-order valence-electron chi connectivity index (χ4n) is 1.96. The molecule has 0 saturated heterocycles. The number of hydrogen-bond acceptors (Lipinski definition) is 2. The van der Waals surface area contributed by atoms with Crippen LogP contribution >= 0.6 is 11.6 Å². The molecule has 2 aromatic carbocycles. The first-order valence-electron chi connectivity index (χ1n) is 6.23. The fourth-order valence-corrected chi connectivity index (χ4v) is 2.17. The zero-order valence-electron chi connectivity index (χ0n) is 11.1. The maximum Gasteiger partial charge on any atom is 0.161 e. The molecule has 4 heteroatoms. The molecular weight excluding hydrogens is 277 g/mol. The molecule has 1 atom stereocenters. The van der Waals surface area contributed by atoms with Gasteiger partial charge in [-0.15, -0.1) is 0 Å². The number of rotatable bonds is 4. The summed E-state index contributed by atoms with van der Waals surface area (Å²) in [5, 5.41) is 0.00809. The van der Waals surface area contributed by atoms with Crippen molar-refractivity contribution >= 4 is 17.4 Å². The minimum Gasteiger partial charge on any atom is -0.315 e. The zero-order valence-corrected chi connectivity index (χ0v) is 11.8. The summed E-state index contributed by atoms with van der Waals surface area (Å²) in [6.45, 7) is 1.68. The van der Waals surface area contributed by atoms with Crippen LogP contribution < -0.4 is 5.73 Å². The minimum atomic E-state index is -1.08. The third kappa shape index (κ3) is 3.06. The average Bonchev–Trinajstić information content (AvgIpc) is 2.44. The molecule has 0 aliphatic rings. The second kappa shape index (κ2) is 5.73. The Balaban J connectivity index is 2.21. The number of carbonyl (C=O) groups excluding carboxylic acids is 1. The van der Waals surface area contributed by atoms with Crippen molar-refractivity contribution in [2.45, 2.75) is 18.9 Å². The SMILES string of the molecule is CC(N)(C(=O)Cc1ccc(F)c(Cl)c1)c1ccccc1. The smallest absolute Gasteiger partial charge is 0.161 e. The summed E-state index contributed by atoms with van der Waals surface area (Å²) in [5.74, 6) is -0.646. The van der Waals surface area contributed by atoms with Gasteiger partial charge in [0, 0.05) is 6.42 Å². The molecule has 0 fully saturated rings. The van der Waals surface area contributed by atoms with Gasteiger partial charge in [0.25, 0.3) is 0 Å². The largest absolute Gasteiger partial charge is 0.315 e. The van der Waals surface area contributed by atoms with Gasteiger partial charge in [0.2, 0.25) is 0 Å². The standard InChI is InChI=1S/C16H15ClFNO/c1-16(19,12-5-3-2-4-6-12)15(20)10-11-7-8-14(18)13(17)9-11/h2-9H,10,19H2,1H3. The van der Waals surface area contributed by atoms with E-state index in [1.807, 2.05) is 30.3 Å². The Morgan fingerprint density at radius 1 is 1.25 bits per heavy atom. The van der Waals surface area contributed by atoms with Crippen LogP contribution in [0.15, 0.2) is 48.5 Å². The number of nitrogens with two attached hydrogens (primary N) is 1. The summed E-state index contributed by atoms with van der Waals surface area (Å²) in [4.78, 5) is 12.4. The maximum atomic E-state index is 13.1. The first kappa shape index (κ1) is 14.7. The Labute approximate surface area is 122 Å². The van der Waals surface area contributed by atoms with Crippen LogP contribution in [0.5, 0.6) is 0 Å². The Kier molecular flexibility index (Phi) is 4.21. The highest BCUT2D eigenvalue weighted by atomic mass is 35.5. The summed E-state index contributed by atoms with van der Waals surface area (Å²) in [6, 6.07) is 13.4. The third-order valence-corrected chi connectivity index (χ3v) is 3.59. The van der Waals surface area contributed by atoms with Crippen molar-refractivity contribution in [1.82, 2.24) is 0 Å². The summed E-state index contributed by atoms with van der Waals surface area (Å²) in [7, 11) is 0. The van der Waals surface area contributed by atoms with Crippen molar-refractivity contribution in [3.8, 4) is 0 Å². The molecule has 0 radical (unpaired) electrons. The third-order valence-electron chi connectivity index (χ3n) is 3.30. The van der Waals surface area contributed by atoms with E-state index >= 15 is 0 Å². The molecule has 104 valence electrons. The van der Waals surface area contributed by atoms with E-state index in [1.165, 1.54) is 12.1 Å². The van der Waals surface area contributed by atoms with Crippen LogP contribution in [0.3, 0.4) is 0 Å². The van der Waals surface area contributed by atoms with Crippen LogP contribution in [0.1, 0.15) is 18.1 Å². The number of ketones is 1. The van der Waals surface area contributed by atoms with E-state index in [-0.39, 0.29) is 17.2 Å². The lowest BCUT2D eigenvalue weighted by molar-refractivity contribution is -0.123. The van der Waals surface area contributed by atoms with Gasteiger partial charge in [-0.1, -0.05) is 48.0 Å². The summed E-state index contributed by atoms with van der Waals surface area (Å²) in [6.07, 6.45) is 0.113. The molecule has 1 unspecified atom stereocenters. The van der Waals surface area contributed by atoms with E-state index in [1.54, 1.807) is 13.0 Å². The van der Waals surface area contributed by atoms with E-state index < -0.39 is 11.4 Å². The highest BCUT2D eigenvalue weighted by Gasteiger charge is 2.29. The number of halogens is 2. The van der Waals surface area contributed by atoms with E-state index in [9.17, 15) is 9.18 Å². The summed E-state index contributed by atoms with van der Waals surface area (Å²) in [5.41, 5.74) is 6.46. The van der Waals surface area contributed by atoms with E-state index in [2.05, 4.69) is 0 Å². The van der Waals surface area contributed by atoms with Gasteiger partial charge in [-0.05, 0) is 30.2 Å². The van der Waals surface area contributed by atoms with Gasteiger partial charge in [0.15, 0.2) is 5.78 Å². The molecule has 0 saturated carbocycles. The topological polar surface area (TPSA) is 43.1 Å². The zero-order chi connectivity index (χ0) is 14.8. The summed E-state index contributed by atoms with van der Waals surface area (Å²) < 4.78 is 13.1. The molecule has 2 aromatic rings. The van der Waals surface area contributed by atoms with E-state index in [0.717, 1.165) is 5.56 Å². The first-order valence-corrected chi connectivity index (χ1v) is 6.60. The van der Waals surface area contributed by atoms with Gasteiger partial charge in [-0.2, -0.15) is 0 Å². The van der Waals surface area contributed by atoms with Crippen LogP contribution in [-0.2, 0) is 16.8 Å². The molecule has 2 rings (SSSR count). The number of Topliss-reactive ketones (excluding diaryl/α,β-unsaturated/α-hetero) is 1. The van der Waals surface area contributed by atoms with Crippen molar-refractivity contribution in [1.29, 1.82) is 0 Å². The number of carbonyl (C=O) groups is 1. The lowest BCUT2D eigenvalue weighted by Crippen LogP contribution is -2.42. The minimum absolute atomic E-state index is 0.00809. The van der Waals surface area contributed by atoms with Gasteiger partial charge < -0.3 is 5.73 Å². The van der Waals surface area contributed by atoms with Gasteiger partial charge in [0.1, 0.15) is 5.82 Å². The van der Waals surface area contributed by atoms with Crippen molar-refractivity contribution in [3.05, 3.63) is 70.5 Å². The molecule has 0 aliphatic heterocycles. The Bertz CT molecular complexity index is 626. The molecule has 2 nitrogen and oxygen atoms in total.